The fraction of sp³-hybridized carbons (Fsp3) is 0.793. The summed E-state index contributed by atoms with van der Waals surface area (Å²) in [5.74, 6) is -0.584. The predicted octanol–water partition coefficient (Wildman–Crippen LogP) is 3.12. The van der Waals surface area contributed by atoms with Crippen LogP contribution in [0.2, 0.25) is 0 Å². The Morgan fingerprint density at radius 1 is 0.889 bits per heavy atom. The number of nitrogens with two attached hydrogens (primary N) is 1. The molecule has 3 aliphatic rings. The first-order chi connectivity index (χ1) is 20.3. The van der Waals surface area contributed by atoms with Crippen molar-refractivity contribution in [1.29, 1.82) is 0 Å². The number of hydrogen-bond acceptors (Lipinski definition) is 11. The van der Waals surface area contributed by atoms with Crippen LogP contribution in [0.3, 0.4) is 0 Å². The highest BCUT2D eigenvalue weighted by molar-refractivity contribution is 6.07. The molecule has 4 amide bonds. The molecule has 16 heteroatoms. The van der Waals surface area contributed by atoms with Gasteiger partial charge >= 0.3 is 24.4 Å². The molecule has 3 aliphatic heterocycles. The van der Waals surface area contributed by atoms with Crippen molar-refractivity contribution in [3.8, 4) is 0 Å². The van der Waals surface area contributed by atoms with Crippen LogP contribution in [0.15, 0.2) is 9.98 Å². The molecule has 45 heavy (non-hydrogen) atoms. The fourth-order valence-electron chi connectivity index (χ4n) is 5.35. The Morgan fingerprint density at radius 2 is 1.40 bits per heavy atom. The third kappa shape index (κ3) is 7.77. The van der Waals surface area contributed by atoms with E-state index in [1.54, 1.807) is 83.1 Å². The van der Waals surface area contributed by atoms with Crippen molar-refractivity contribution in [3.05, 3.63) is 0 Å². The third-order valence-corrected chi connectivity index (χ3v) is 6.57. The Balaban J connectivity index is 2.31. The van der Waals surface area contributed by atoms with Crippen molar-refractivity contribution in [2.45, 2.75) is 136 Å². The van der Waals surface area contributed by atoms with Gasteiger partial charge in [0.1, 0.15) is 34.6 Å². The molecule has 0 aromatic rings. The summed E-state index contributed by atoms with van der Waals surface area (Å²) in [5, 5.41) is 14.3. The summed E-state index contributed by atoms with van der Waals surface area (Å²) in [6.07, 6.45) is -5.12. The molecule has 0 aliphatic carbocycles. The second-order valence-corrected chi connectivity index (χ2v) is 15.1. The summed E-state index contributed by atoms with van der Waals surface area (Å²) in [5.41, 5.74) is 0.650. The summed E-state index contributed by atoms with van der Waals surface area (Å²) < 4.78 is 22.3. The molecular weight excluding hydrogens is 590 g/mol. The van der Waals surface area contributed by atoms with Gasteiger partial charge in [-0.2, -0.15) is 0 Å². The first-order valence-corrected chi connectivity index (χ1v) is 14.9. The number of carbonyl (C=O) groups excluding carboxylic acids is 4. The number of nitrogens with one attached hydrogen (secondary N) is 1. The van der Waals surface area contributed by atoms with E-state index >= 15 is 0 Å². The zero-order valence-corrected chi connectivity index (χ0v) is 28.4. The standard InChI is InChI=1S/C29H49N7O9/c1-25(2,3)42-21(38)32-19-31-18-16(15-30)35(23(40)44-27(7,8)9)20(33-22(39)43-26(4,5)6)34-14-13-17(37)29(18,34)36(19)24(41)45-28(10,11)12/h16-18,37H,13-15,30H2,1-12H3,(H,31,32,38)/b33-20+/t16-,17-,18-,29-/m0/s1. The molecule has 254 valence electrons. The van der Waals surface area contributed by atoms with Crippen molar-refractivity contribution < 1.29 is 43.2 Å². The zero-order valence-electron chi connectivity index (χ0n) is 28.4. The van der Waals surface area contributed by atoms with Gasteiger partial charge < -0.3 is 34.7 Å². The maximum absolute atomic E-state index is 14.0. The highest BCUT2D eigenvalue weighted by Crippen LogP contribution is 2.48. The first-order valence-electron chi connectivity index (χ1n) is 14.9. The number of nitrogens with zero attached hydrogens (tertiary/aromatic N) is 5. The highest BCUT2D eigenvalue weighted by Gasteiger charge is 2.71. The second-order valence-electron chi connectivity index (χ2n) is 15.1. The SMILES string of the molecule is CC(C)(C)OC(=O)/N=C1/N(C(=O)OC(C)(C)C)[C@@H](CN)[C@@H]2N=C(NC(=O)OC(C)(C)C)N(C(=O)OC(C)(C)C)[C@@]23[C@@H](O)CCN13. The van der Waals surface area contributed by atoms with Crippen LogP contribution in [0.5, 0.6) is 0 Å². The zero-order chi connectivity index (χ0) is 34.5. The molecule has 0 saturated carbocycles. The molecule has 4 atom stereocenters. The molecule has 3 heterocycles. The molecule has 0 unspecified atom stereocenters. The number of hydrogen-bond donors (Lipinski definition) is 3. The number of carbonyl (C=O) groups is 4. The van der Waals surface area contributed by atoms with Gasteiger partial charge in [0.25, 0.3) is 0 Å². The minimum absolute atomic E-state index is 0.00439. The Kier molecular flexibility index (Phi) is 9.50. The van der Waals surface area contributed by atoms with E-state index in [0.29, 0.717) is 0 Å². The lowest BCUT2D eigenvalue weighted by Gasteiger charge is -2.55. The minimum atomic E-state index is -1.84. The van der Waals surface area contributed by atoms with Crippen LogP contribution in [0, 0.1) is 0 Å². The van der Waals surface area contributed by atoms with Crippen LogP contribution in [0.4, 0.5) is 19.2 Å². The number of ether oxygens (including phenoxy) is 4. The van der Waals surface area contributed by atoms with E-state index < -0.39 is 70.6 Å². The van der Waals surface area contributed by atoms with E-state index in [2.05, 4.69) is 15.3 Å². The quantitative estimate of drug-likeness (QED) is 0.356. The summed E-state index contributed by atoms with van der Waals surface area (Å²) in [4.78, 5) is 66.4. The maximum Gasteiger partial charge on any atom is 0.437 e. The number of amides is 4. The first kappa shape index (κ1) is 35.8. The second kappa shape index (κ2) is 11.9. The van der Waals surface area contributed by atoms with Gasteiger partial charge in [0.2, 0.25) is 11.9 Å². The Morgan fingerprint density at radius 3 is 1.89 bits per heavy atom. The van der Waals surface area contributed by atoms with E-state index in [1.165, 1.54) is 4.90 Å². The van der Waals surface area contributed by atoms with E-state index in [4.69, 9.17) is 24.7 Å². The van der Waals surface area contributed by atoms with Gasteiger partial charge in [0, 0.05) is 13.1 Å². The largest absolute Gasteiger partial charge is 0.444 e. The van der Waals surface area contributed by atoms with E-state index in [-0.39, 0.29) is 31.4 Å². The minimum Gasteiger partial charge on any atom is -0.444 e. The maximum atomic E-state index is 14.0. The van der Waals surface area contributed by atoms with Gasteiger partial charge in [0.15, 0.2) is 5.66 Å². The summed E-state index contributed by atoms with van der Waals surface area (Å²) in [6.45, 7) is 19.7. The number of aliphatic hydroxyl groups excluding tert-OH is 1. The van der Waals surface area contributed by atoms with Gasteiger partial charge in [-0.3, -0.25) is 5.32 Å². The Bertz CT molecular complexity index is 1260. The molecule has 0 aromatic carbocycles. The van der Waals surface area contributed by atoms with Crippen LogP contribution in [0.25, 0.3) is 0 Å². The molecular formula is C29H49N7O9. The van der Waals surface area contributed by atoms with Gasteiger partial charge in [-0.1, -0.05) is 0 Å². The molecule has 0 bridgehead atoms. The van der Waals surface area contributed by atoms with Crippen molar-refractivity contribution in [2.24, 2.45) is 15.7 Å². The van der Waals surface area contributed by atoms with Crippen molar-refractivity contribution >= 4 is 36.3 Å². The smallest absolute Gasteiger partial charge is 0.437 e. The predicted molar refractivity (Wildman–Crippen MR) is 163 cm³/mol. The lowest BCUT2D eigenvalue weighted by atomic mass is 9.86. The lowest BCUT2D eigenvalue weighted by Crippen LogP contribution is -2.80. The molecule has 1 spiro atoms. The van der Waals surface area contributed by atoms with Crippen molar-refractivity contribution in [1.82, 2.24) is 20.0 Å². The normalized spacial score (nSPS) is 26.2. The summed E-state index contributed by atoms with van der Waals surface area (Å²) >= 11 is 0. The lowest BCUT2D eigenvalue weighted by molar-refractivity contribution is -0.0785. The highest BCUT2D eigenvalue weighted by atomic mass is 16.6. The fourth-order valence-corrected chi connectivity index (χ4v) is 5.35. The molecule has 4 N–H and O–H groups in total. The average Bonchev–Trinajstić information content (AvgIpc) is 3.30. The molecule has 2 saturated heterocycles. The van der Waals surface area contributed by atoms with Crippen LogP contribution < -0.4 is 11.1 Å². The Labute approximate surface area is 264 Å². The number of aliphatic imine (C=N–C) groups is 2. The van der Waals surface area contributed by atoms with Crippen LogP contribution >= 0.6 is 0 Å². The van der Waals surface area contributed by atoms with Gasteiger partial charge in [0.05, 0.1) is 6.04 Å². The topological polar surface area (TPSA) is 198 Å². The average molecular weight is 640 g/mol. The molecule has 0 aromatic heterocycles. The van der Waals surface area contributed by atoms with Gasteiger partial charge in [-0.15, -0.1) is 4.99 Å². The number of guanidine groups is 2. The van der Waals surface area contributed by atoms with E-state index in [9.17, 15) is 24.3 Å². The molecule has 3 rings (SSSR count). The van der Waals surface area contributed by atoms with E-state index in [0.717, 1.165) is 9.80 Å². The van der Waals surface area contributed by atoms with Crippen molar-refractivity contribution in [2.75, 3.05) is 13.1 Å². The number of alkyl carbamates (subject to hydrolysis) is 1. The molecule has 16 nitrogen and oxygen atoms in total. The van der Waals surface area contributed by atoms with Gasteiger partial charge in [-0.25, -0.2) is 34.0 Å². The van der Waals surface area contributed by atoms with Crippen LogP contribution in [-0.4, -0.2) is 115 Å². The Hall–Kier alpha value is -3.66. The molecule has 0 radical (unpaired) electrons. The number of aliphatic hydroxyl groups is 1. The van der Waals surface area contributed by atoms with Gasteiger partial charge in [-0.05, 0) is 89.5 Å². The summed E-state index contributed by atoms with van der Waals surface area (Å²) in [7, 11) is 0. The van der Waals surface area contributed by atoms with Crippen molar-refractivity contribution in [3.63, 3.8) is 0 Å². The summed E-state index contributed by atoms with van der Waals surface area (Å²) in [6, 6.07) is -2.31. The monoisotopic (exact) mass is 639 g/mol. The van der Waals surface area contributed by atoms with Crippen LogP contribution in [0.1, 0.15) is 89.5 Å². The number of rotatable bonds is 1. The third-order valence-electron chi connectivity index (χ3n) is 6.57. The van der Waals surface area contributed by atoms with E-state index in [1.807, 2.05) is 0 Å². The molecule has 2 fully saturated rings. The van der Waals surface area contributed by atoms with Crippen LogP contribution in [-0.2, 0) is 18.9 Å².